The number of pyridine rings is 1. The van der Waals surface area contributed by atoms with E-state index in [1.165, 1.54) is 11.7 Å². The smallest absolute Gasteiger partial charge is 0.367 e. The van der Waals surface area contributed by atoms with Crippen LogP contribution in [0.1, 0.15) is 11.1 Å². The lowest BCUT2D eigenvalue weighted by atomic mass is 10.1. The molecule has 1 aromatic heterocycles. The molecule has 0 aliphatic carbocycles. The summed E-state index contributed by atoms with van der Waals surface area (Å²) < 4.78 is 37.8. The average Bonchev–Trinajstić information content (AvgIpc) is 2.48. The SMILES string of the molecule is N/C(=N\N=Cc1c[nH]c2cc(C(F)(F)F)ccc2c1=O)NO. The van der Waals surface area contributed by atoms with Crippen molar-refractivity contribution in [3.05, 3.63) is 45.7 Å². The van der Waals surface area contributed by atoms with Gasteiger partial charge in [-0.2, -0.15) is 18.3 Å². The summed E-state index contributed by atoms with van der Waals surface area (Å²) in [6, 6.07) is 2.76. The lowest BCUT2D eigenvalue weighted by molar-refractivity contribution is -0.137. The molecule has 2 aromatic rings. The molecule has 0 fully saturated rings. The second-order valence-electron chi connectivity index (χ2n) is 4.17. The van der Waals surface area contributed by atoms with E-state index in [9.17, 15) is 18.0 Å². The van der Waals surface area contributed by atoms with E-state index in [1.807, 2.05) is 0 Å². The van der Waals surface area contributed by atoms with Crippen molar-refractivity contribution in [3.8, 4) is 0 Å². The Bertz CT molecular complexity index is 810. The number of nitrogens with one attached hydrogen (secondary N) is 2. The van der Waals surface area contributed by atoms with Gasteiger partial charge in [-0.25, -0.2) is 5.48 Å². The van der Waals surface area contributed by atoms with Crippen molar-refractivity contribution < 1.29 is 18.4 Å². The van der Waals surface area contributed by atoms with E-state index in [4.69, 9.17) is 10.9 Å². The van der Waals surface area contributed by atoms with Crippen LogP contribution in [0.3, 0.4) is 0 Å². The number of alkyl halides is 3. The van der Waals surface area contributed by atoms with E-state index in [0.29, 0.717) is 0 Å². The molecule has 0 amide bonds. The van der Waals surface area contributed by atoms with E-state index in [0.717, 1.165) is 24.4 Å². The van der Waals surface area contributed by atoms with Crippen molar-refractivity contribution in [2.75, 3.05) is 0 Å². The Labute approximate surface area is 120 Å². The van der Waals surface area contributed by atoms with Crippen LogP contribution in [-0.4, -0.2) is 22.4 Å². The Morgan fingerprint density at radius 2 is 2.14 bits per heavy atom. The molecule has 22 heavy (non-hydrogen) atoms. The normalized spacial score (nSPS) is 13.0. The van der Waals surface area contributed by atoms with E-state index < -0.39 is 17.2 Å². The molecular formula is C12H10F3N5O2. The fraction of sp³-hybridized carbons (Fsp3) is 0.0833. The largest absolute Gasteiger partial charge is 0.416 e. The van der Waals surface area contributed by atoms with Gasteiger partial charge in [-0.15, -0.1) is 5.10 Å². The first-order valence-electron chi connectivity index (χ1n) is 5.82. The third kappa shape index (κ3) is 3.23. The molecular weight excluding hydrogens is 303 g/mol. The van der Waals surface area contributed by atoms with Gasteiger partial charge in [0.2, 0.25) is 5.96 Å². The number of nitrogens with two attached hydrogens (primary N) is 1. The summed E-state index contributed by atoms with van der Waals surface area (Å²) in [4.78, 5) is 14.7. The van der Waals surface area contributed by atoms with Crippen molar-refractivity contribution in [1.29, 1.82) is 0 Å². The first-order valence-corrected chi connectivity index (χ1v) is 5.82. The fourth-order valence-corrected chi connectivity index (χ4v) is 1.69. The van der Waals surface area contributed by atoms with Gasteiger partial charge in [0, 0.05) is 17.1 Å². The topological polar surface area (TPSA) is 116 Å². The summed E-state index contributed by atoms with van der Waals surface area (Å²) in [5.41, 5.74) is 5.39. The number of hydrogen-bond acceptors (Lipinski definition) is 4. The van der Waals surface area contributed by atoms with Gasteiger partial charge in [-0.1, -0.05) is 0 Å². The molecule has 0 saturated heterocycles. The van der Waals surface area contributed by atoms with Gasteiger partial charge < -0.3 is 10.7 Å². The molecule has 0 spiro atoms. The number of hydrogen-bond donors (Lipinski definition) is 4. The summed E-state index contributed by atoms with van der Waals surface area (Å²) in [6.07, 6.45) is -2.23. The third-order valence-corrected chi connectivity index (χ3v) is 2.71. The van der Waals surface area contributed by atoms with Crippen LogP contribution in [-0.2, 0) is 6.18 Å². The zero-order valence-corrected chi connectivity index (χ0v) is 10.8. The monoisotopic (exact) mass is 313 g/mol. The first-order chi connectivity index (χ1) is 10.3. The van der Waals surface area contributed by atoms with Crippen LogP contribution in [0.2, 0.25) is 0 Å². The Hall–Kier alpha value is -2.88. The highest BCUT2D eigenvalue weighted by atomic mass is 19.4. The molecule has 1 aromatic carbocycles. The quantitative estimate of drug-likeness (QED) is 0.378. The van der Waals surface area contributed by atoms with Crippen molar-refractivity contribution in [2.24, 2.45) is 15.9 Å². The maximum atomic E-state index is 12.6. The number of aromatic amines is 1. The highest BCUT2D eigenvalue weighted by molar-refractivity contribution is 5.88. The number of hydroxylamine groups is 1. The number of guanidine groups is 1. The van der Waals surface area contributed by atoms with Crippen LogP contribution in [0.5, 0.6) is 0 Å². The molecule has 0 radical (unpaired) electrons. The van der Waals surface area contributed by atoms with E-state index >= 15 is 0 Å². The lowest BCUT2D eigenvalue weighted by Gasteiger charge is -2.07. The Balaban J connectivity index is 2.46. The molecule has 10 heteroatoms. The zero-order valence-electron chi connectivity index (χ0n) is 10.8. The first kappa shape index (κ1) is 15.5. The number of nitrogens with zero attached hydrogens (tertiary/aromatic N) is 2. The zero-order chi connectivity index (χ0) is 16.3. The standard InChI is InChI=1S/C12H10F3N5O2/c13-12(14,15)7-1-2-8-9(3-7)17-4-6(10(8)21)5-18-19-11(16)20-22/h1-5,22H,(H,17,21)(H3,16,19,20). The lowest BCUT2D eigenvalue weighted by Crippen LogP contribution is -2.27. The van der Waals surface area contributed by atoms with Gasteiger partial charge in [-0.05, 0) is 18.2 Å². The van der Waals surface area contributed by atoms with Gasteiger partial charge in [0.15, 0.2) is 5.43 Å². The summed E-state index contributed by atoms with van der Waals surface area (Å²) in [5.74, 6) is -0.386. The van der Waals surface area contributed by atoms with E-state index in [-0.39, 0.29) is 22.4 Å². The Morgan fingerprint density at radius 3 is 2.77 bits per heavy atom. The molecule has 5 N–H and O–H groups in total. The highest BCUT2D eigenvalue weighted by Crippen LogP contribution is 2.30. The van der Waals surface area contributed by atoms with Crippen molar-refractivity contribution in [1.82, 2.24) is 10.5 Å². The number of halogens is 3. The average molecular weight is 313 g/mol. The number of aromatic nitrogens is 1. The molecule has 0 bridgehead atoms. The molecule has 7 nitrogen and oxygen atoms in total. The van der Waals surface area contributed by atoms with E-state index in [2.05, 4.69) is 15.2 Å². The molecule has 0 aliphatic heterocycles. The summed E-state index contributed by atoms with van der Waals surface area (Å²) >= 11 is 0. The van der Waals surface area contributed by atoms with Gasteiger partial charge in [0.25, 0.3) is 0 Å². The minimum Gasteiger partial charge on any atom is -0.367 e. The van der Waals surface area contributed by atoms with Crippen molar-refractivity contribution in [3.63, 3.8) is 0 Å². The number of fused-ring (bicyclic) bond motifs is 1. The van der Waals surface area contributed by atoms with Gasteiger partial charge in [0.05, 0.1) is 17.3 Å². The van der Waals surface area contributed by atoms with Crippen molar-refractivity contribution in [2.45, 2.75) is 6.18 Å². The van der Waals surface area contributed by atoms with Crippen LogP contribution in [0.4, 0.5) is 13.2 Å². The predicted molar refractivity (Wildman–Crippen MR) is 73.7 cm³/mol. The molecule has 2 rings (SSSR count). The highest BCUT2D eigenvalue weighted by Gasteiger charge is 2.30. The Morgan fingerprint density at radius 1 is 1.41 bits per heavy atom. The van der Waals surface area contributed by atoms with Gasteiger partial charge in [0.1, 0.15) is 0 Å². The second-order valence-corrected chi connectivity index (χ2v) is 4.17. The number of benzene rings is 1. The second kappa shape index (κ2) is 5.85. The van der Waals surface area contributed by atoms with Crippen molar-refractivity contribution >= 4 is 23.1 Å². The fourth-order valence-electron chi connectivity index (χ4n) is 1.69. The minimum atomic E-state index is -4.49. The predicted octanol–water partition coefficient (Wildman–Crippen LogP) is 1.17. The maximum absolute atomic E-state index is 12.6. The maximum Gasteiger partial charge on any atom is 0.416 e. The molecule has 0 aliphatic rings. The Kier molecular flexibility index (Phi) is 4.13. The van der Waals surface area contributed by atoms with Crippen LogP contribution >= 0.6 is 0 Å². The van der Waals surface area contributed by atoms with Crippen LogP contribution in [0.25, 0.3) is 10.9 Å². The minimum absolute atomic E-state index is 0.0528. The summed E-state index contributed by atoms with van der Waals surface area (Å²) in [7, 11) is 0. The molecule has 1 heterocycles. The van der Waals surface area contributed by atoms with Crippen LogP contribution < -0.4 is 16.6 Å². The molecule has 0 saturated carbocycles. The third-order valence-electron chi connectivity index (χ3n) is 2.71. The molecule has 0 unspecified atom stereocenters. The van der Waals surface area contributed by atoms with Crippen LogP contribution in [0, 0.1) is 0 Å². The van der Waals surface area contributed by atoms with E-state index in [1.54, 1.807) is 0 Å². The van der Waals surface area contributed by atoms with Gasteiger partial charge >= 0.3 is 6.18 Å². The summed E-state index contributed by atoms with van der Waals surface area (Å²) in [5, 5.41) is 15.2. The van der Waals surface area contributed by atoms with Gasteiger partial charge in [-0.3, -0.25) is 10.0 Å². The molecule has 0 atom stereocenters. The van der Waals surface area contributed by atoms with Crippen LogP contribution in [0.15, 0.2) is 39.4 Å². The summed E-state index contributed by atoms with van der Waals surface area (Å²) in [6.45, 7) is 0. The molecule has 116 valence electrons. The number of H-pyrrole nitrogens is 1. The number of rotatable bonds is 2.